The van der Waals surface area contributed by atoms with Crippen LogP contribution in [0.15, 0.2) is 42.7 Å². The molecule has 2 aromatic rings. The van der Waals surface area contributed by atoms with E-state index in [0.717, 1.165) is 23.1 Å². The normalized spacial score (nSPS) is 11.1. The van der Waals surface area contributed by atoms with E-state index in [-0.39, 0.29) is 0 Å². The Morgan fingerprint density at radius 2 is 1.85 bits per heavy atom. The van der Waals surface area contributed by atoms with Gasteiger partial charge >= 0.3 is 0 Å². The molecule has 6 heteroatoms. The fourth-order valence-corrected chi connectivity index (χ4v) is 2.42. The molecule has 1 aromatic carbocycles. The van der Waals surface area contributed by atoms with Gasteiger partial charge in [-0.15, -0.1) is 0 Å². The summed E-state index contributed by atoms with van der Waals surface area (Å²) in [6.45, 7) is 2.56. The smallest absolute Gasteiger partial charge is 0.229 e. The van der Waals surface area contributed by atoms with Crippen molar-refractivity contribution in [2.75, 3.05) is 16.3 Å². The van der Waals surface area contributed by atoms with Crippen LogP contribution in [0.5, 0.6) is 0 Å². The Hall–Kier alpha value is -2.08. The second kappa shape index (κ2) is 5.92. The minimum atomic E-state index is -3.25. The second-order valence-electron chi connectivity index (χ2n) is 4.61. The van der Waals surface area contributed by atoms with Crippen LogP contribution in [-0.4, -0.2) is 19.7 Å². The van der Waals surface area contributed by atoms with E-state index in [9.17, 15) is 8.42 Å². The lowest BCUT2D eigenvalue weighted by Gasteiger charge is -2.11. The highest BCUT2D eigenvalue weighted by Gasteiger charge is 2.05. The van der Waals surface area contributed by atoms with E-state index in [1.54, 1.807) is 18.5 Å². The lowest BCUT2D eigenvalue weighted by Crippen LogP contribution is -2.10. The monoisotopic (exact) mass is 291 g/mol. The molecule has 2 rings (SSSR count). The van der Waals surface area contributed by atoms with Gasteiger partial charge in [-0.2, -0.15) is 0 Å². The first-order chi connectivity index (χ1) is 9.44. The summed E-state index contributed by atoms with van der Waals surface area (Å²) in [6.07, 6.45) is 4.64. The first-order valence-corrected chi connectivity index (χ1v) is 8.04. The summed E-state index contributed by atoms with van der Waals surface area (Å²) in [5.41, 5.74) is 3.55. The van der Waals surface area contributed by atoms with Gasteiger partial charge in [0.05, 0.1) is 11.9 Å². The highest BCUT2D eigenvalue weighted by molar-refractivity contribution is 7.92. The third-order valence-corrected chi connectivity index (χ3v) is 3.36. The molecule has 2 N–H and O–H groups in total. The molecular formula is C14H17N3O2S. The van der Waals surface area contributed by atoms with E-state index < -0.39 is 10.0 Å². The van der Waals surface area contributed by atoms with Crippen LogP contribution in [0.2, 0.25) is 0 Å². The number of hydrogen-bond donors (Lipinski definition) is 2. The minimum Gasteiger partial charge on any atom is -0.381 e. The third-order valence-electron chi connectivity index (χ3n) is 2.77. The van der Waals surface area contributed by atoms with Crippen molar-refractivity contribution in [3.8, 4) is 0 Å². The molecule has 0 bridgehead atoms. The number of hydrogen-bond acceptors (Lipinski definition) is 4. The summed E-state index contributed by atoms with van der Waals surface area (Å²) in [7, 11) is -3.25. The lowest BCUT2D eigenvalue weighted by molar-refractivity contribution is 0.607. The van der Waals surface area contributed by atoms with Crippen LogP contribution in [0.1, 0.15) is 11.1 Å². The lowest BCUT2D eigenvalue weighted by atomic mass is 10.2. The number of benzene rings is 1. The summed E-state index contributed by atoms with van der Waals surface area (Å²) in [5.74, 6) is 0. The number of rotatable bonds is 5. The standard InChI is InChI=1S/C14H17N3O2S/c1-11-9-13(3-4-14(11)17-20(2,18)19)16-10-12-5-7-15-8-6-12/h3-9,16-17H,10H2,1-2H3. The van der Waals surface area contributed by atoms with E-state index in [1.165, 1.54) is 0 Å². The number of nitrogens with zero attached hydrogens (tertiary/aromatic N) is 1. The molecule has 0 spiro atoms. The largest absolute Gasteiger partial charge is 0.381 e. The maximum atomic E-state index is 11.2. The molecule has 0 radical (unpaired) electrons. The first kappa shape index (κ1) is 14.3. The van der Waals surface area contributed by atoms with Crippen LogP contribution < -0.4 is 10.0 Å². The Kier molecular flexibility index (Phi) is 4.24. The Labute approximate surface area is 119 Å². The molecule has 0 unspecified atom stereocenters. The third kappa shape index (κ3) is 4.24. The summed E-state index contributed by atoms with van der Waals surface area (Å²) >= 11 is 0. The van der Waals surface area contributed by atoms with E-state index >= 15 is 0 Å². The van der Waals surface area contributed by atoms with Crippen LogP contribution in [0.3, 0.4) is 0 Å². The van der Waals surface area contributed by atoms with Crippen molar-refractivity contribution >= 4 is 21.4 Å². The van der Waals surface area contributed by atoms with Crippen molar-refractivity contribution in [3.05, 3.63) is 53.9 Å². The van der Waals surface area contributed by atoms with Crippen LogP contribution in [0.4, 0.5) is 11.4 Å². The van der Waals surface area contributed by atoms with Crippen LogP contribution in [0.25, 0.3) is 0 Å². The van der Waals surface area contributed by atoms with Gasteiger partial charge in [-0.05, 0) is 48.4 Å². The quantitative estimate of drug-likeness (QED) is 0.887. The van der Waals surface area contributed by atoms with Gasteiger partial charge in [0.2, 0.25) is 10.0 Å². The molecule has 0 atom stereocenters. The van der Waals surface area contributed by atoms with Crippen molar-refractivity contribution in [2.45, 2.75) is 13.5 Å². The average Bonchev–Trinajstić information content (AvgIpc) is 2.39. The van der Waals surface area contributed by atoms with Gasteiger partial charge in [-0.25, -0.2) is 8.42 Å². The zero-order valence-electron chi connectivity index (χ0n) is 11.4. The van der Waals surface area contributed by atoms with Crippen molar-refractivity contribution in [2.24, 2.45) is 0 Å². The number of sulfonamides is 1. The number of anilines is 2. The highest BCUT2D eigenvalue weighted by Crippen LogP contribution is 2.20. The van der Waals surface area contributed by atoms with Gasteiger partial charge in [-0.1, -0.05) is 0 Å². The summed E-state index contributed by atoms with van der Waals surface area (Å²) in [6, 6.07) is 9.40. The summed E-state index contributed by atoms with van der Waals surface area (Å²) in [5, 5.41) is 3.29. The Morgan fingerprint density at radius 3 is 2.45 bits per heavy atom. The van der Waals surface area contributed by atoms with Crippen molar-refractivity contribution in [1.29, 1.82) is 0 Å². The summed E-state index contributed by atoms with van der Waals surface area (Å²) in [4.78, 5) is 3.97. The maximum absolute atomic E-state index is 11.2. The first-order valence-electron chi connectivity index (χ1n) is 6.15. The van der Waals surface area contributed by atoms with Gasteiger partial charge in [0, 0.05) is 24.6 Å². The zero-order chi connectivity index (χ0) is 14.6. The molecule has 1 aromatic heterocycles. The van der Waals surface area contributed by atoms with Crippen LogP contribution >= 0.6 is 0 Å². The molecular weight excluding hydrogens is 274 g/mol. The number of pyridine rings is 1. The van der Waals surface area contributed by atoms with Gasteiger partial charge < -0.3 is 5.32 Å². The SMILES string of the molecule is Cc1cc(NCc2ccncc2)ccc1NS(C)(=O)=O. The Balaban J connectivity index is 2.06. The van der Waals surface area contributed by atoms with Gasteiger partial charge in [0.15, 0.2) is 0 Å². The molecule has 0 saturated carbocycles. The van der Waals surface area contributed by atoms with Crippen molar-refractivity contribution < 1.29 is 8.42 Å². The van der Waals surface area contributed by atoms with Gasteiger partial charge in [0.25, 0.3) is 0 Å². The molecule has 0 amide bonds. The molecule has 5 nitrogen and oxygen atoms in total. The van der Waals surface area contributed by atoms with E-state index in [2.05, 4.69) is 15.0 Å². The molecule has 0 aliphatic rings. The average molecular weight is 291 g/mol. The number of aromatic nitrogens is 1. The van der Waals surface area contributed by atoms with Gasteiger partial charge in [0.1, 0.15) is 0 Å². The number of nitrogens with one attached hydrogen (secondary N) is 2. The molecule has 0 saturated heterocycles. The minimum absolute atomic E-state index is 0.599. The number of aryl methyl sites for hydroxylation is 1. The van der Waals surface area contributed by atoms with E-state index in [0.29, 0.717) is 12.2 Å². The topological polar surface area (TPSA) is 71.1 Å². The maximum Gasteiger partial charge on any atom is 0.229 e. The molecule has 1 heterocycles. The molecule has 20 heavy (non-hydrogen) atoms. The van der Waals surface area contributed by atoms with Crippen LogP contribution in [-0.2, 0) is 16.6 Å². The van der Waals surface area contributed by atoms with Crippen molar-refractivity contribution in [1.82, 2.24) is 4.98 Å². The zero-order valence-corrected chi connectivity index (χ0v) is 12.2. The van der Waals surface area contributed by atoms with Gasteiger partial charge in [-0.3, -0.25) is 9.71 Å². The predicted molar refractivity (Wildman–Crippen MR) is 81.2 cm³/mol. The van der Waals surface area contributed by atoms with Crippen LogP contribution in [0, 0.1) is 6.92 Å². The van der Waals surface area contributed by atoms with Crippen molar-refractivity contribution in [3.63, 3.8) is 0 Å². The highest BCUT2D eigenvalue weighted by atomic mass is 32.2. The second-order valence-corrected chi connectivity index (χ2v) is 6.36. The molecule has 0 fully saturated rings. The molecule has 0 aliphatic heterocycles. The fourth-order valence-electron chi connectivity index (χ4n) is 1.79. The fraction of sp³-hybridized carbons (Fsp3) is 0.214. The van der Waals surface area contributed by atoms with E-state index in [4.69, 9.17) is 0 Å². The Morgan fingerprint density at radius 1 is 1.15 bits per heavy atom. The predicted octanol–water partition coefficient (Wildman–Crippen LogP) is 2.37. The molecule has 106 valence electrons. The van der Waals surface area contributed by atoms with E-state index in [1.807, 2.05) is 31.2 Å². The molecule has 0 aliphatic carbocycles. The Bertz CT molecular complexity index is 685. The summed E-state index contributed by atoms with van der Waals surface area (Å²) < 4.78 is 24.9.